The van der Waals surface area contributed by atoms with Gasteiger partial charge in [0.05, 0.1) is 0 Å². The molecule has 7 nitrogen and oxygen atoms in total. The molecule has 0 aromatic heterocycles. The van der Waals surface area contributed by atoms with Gasteiger partial charge in [0, 0.05) is 18.1 Å². The molecule has 0 radical (unpaired) electrons. The van der Waals surface area contributed by atoms with Crippen molar-refractivity contribution in [3.63, 3.8) is 0 Å². The van der Waals surface area contributed by atoms with E-state index >= 15 is 0 Å². The van der Waals surface area contributed by atoms with Crippen LogP contribution in [0.5, 0.6) is 0 Å². The van der Waals surface area contributed by atoms with Crippen molar-refractivity contribution in [3.05, 3.63) is 0 Å². The van der Waals surface area contributed by atoms with E-state index < -0.39 is 18.3 Å². The lowest BCUT2D eigenvalue weighted by Crippen LogP contribution is -2.61. The van der Waals surface area contributed by atoms with Gasteiger partial charge in [0.15, 0.2) is 0 Å². The number of rotatable bonds is 15. The Bertz CT molecular complexity index is 336. The SMILES string of the molecule is CC(C)CC(C(C)OO)N(C(CC(C)C)C(C)OO)C(CC(C)C)C(C)OO. The van der Waals surface area contributed by atoms with Gasteiger partial charge in [0.25, 0.3) is 0 Å². The first kappa shape index (κ1) is 27.7. The van der Waals surface area contributed by atoms with Crippen LogP contribution in [0.3, 0.4) is 0 Å². The number of hydrogen-bond donors (Lipinski definition) is 3. The van der Waals surface area contributed by atoms with E-state index in [4.69, 9.17) is 14.7 Å². The molecule has 0 fully saturated rings. The van der Waals surface area contributed by atoms with Crippen LogP contribution in [0.15, 0.2) is 0 Å². The van der Waals surface area contributed by atoms with E-state index in [2.05, 4.69) is 46.4 Å². The normalized spacial score (nSPS) is 19.3. The zero-order chi connectivity index (χ0) is 22.0. The second-order valence-electron chi connectivity index (χ2n) is 9.47. The molecule has 0 aliphatic heterocycles. The lowest BCUT2D eigenvalue weighted by molar-refractivity contribution is -0.319. The summed E-state index contributed by atoms with van der Waals surface area (Å²) in [6, 6.07) is -0.437. The van der Waals surface area contributed by atoms with Gasteiger partial charge in [0.2, 0.25) is 0 Å². The lowest BCUT2D eigenvalue weighted by Gasteiger charge is -2.48. The minimum atomic E-state index is -0.455. The third kappa shape index (κ3) is 9.03. The molecule has 0 aliphatic carbocycles. The third-order valence-corrected chi connectivity index (χ3v) is 5.41. The average Bonchev–Trinajstić information content (AvgIpc) is 2.62. The topological polar surface area (TPSA) is 91.6 Å². The molecule has 0 amide bonds. The maximum Gasteiger partial charge on any atom is 0.105 e. The van der Waals surface area contributed by atoms with Gasteiger partial charge in [-0.1, -0.05) is 41.5 Å². The summed E-state index contributed by atoms with van der Waals surface area (Å²) in [5.74, 6) is 1.08. The van der Waals surface area contributed by atoms with Gasteiger partial charge < -0.3 is 0 Å². The van der Waals surface area contributed by atoms with Crippen LogP contribution >= 0.6 is 0 Å². The first-order valence-corrected chi connectivity index (χ1v) is 10.7. The van der Waals surface area contributed by atoms with Crippen LogP contribution in [0.25, 0.3) is 0 Å². The molecule has 0 aliphatic rings. The Hall–Kier alpha value is -0.280. The summed E-state index contributed by atoms with van der Waals surface area (Å²) in [7, 11) is 0. The first-order valence-electron chi connectivity index (χ1n) is 10.7. The van der Waals surface area contributed by atoms with Gasteiger partial charge >= 0.3 is 0 Å². The fourth-order valence-electron chi connectivity index (χ4n) is 4.06. The molecule has 0 aromatic carbocycles. The van der Waals surface area contributed by atoms with Crippen LogP contribution in [-0.4, -0.2) is 57.1 Å². The van der Waals surface area contributed by atoms with Gasteiger partial charge in [0.1, 0.15) is 18.3 Å². The summed E-state index contributed by atoms with van der Waals surface area (Å²) >= 11 is 0. The summed E-state index contributed by atoms with van der Waals surface area (Å²) in [6.07, 6.45) is 0.972. The monoisotopic (exact) mass is 407 g/mol. The van der Waals surface area contributed by atoms with Crippen molar-refractivity contribution in [2.75, 3.05) is 0 Å². The Morgan fingerprint density at radius 3 is 0.857 bits per heavy atom. The Morgan fingerprint density at radius 1 is 0.500 bits per heavy atom. The van der Waals surface area contributed by atoms with Crippen molar-refractivity contribution in [1.29, 1.82) is 0 Å². The summed E-state index contributed by atoms with van der Waals surface area (Å²) < 4.78 is 0. The van der Waals surface area contributed by atoms with Crippen molar-refractivity contribution in [2.45, 2.75) is 118 Å². The highest BCUT2D eigenvalue weighted by molar-refractivity contribution is 4.94. The van der Waals surface area contributed by atoms with E-state index in [-0.39, 0.29) is 18.1 Å². The molecule has 170 valence electrons. The number of nitrogens with zero attached hydrogens (tertiary/aromatic N) is 1. The highest BCUT2D eigenvalue weighted by atomic mass is 17.1. The van der Waals surface area contributed by atoms with Crippen molar-refractivity contribution < 1.29 is 30.4 Å². The predicted octanol–water partition coefficient (Wildman–Crippen LogP) is 5.17. The average molecular weight is 408 g/mol. The van der Waals surface area contributed by atoms with Crippen molar-refractivity contribution in [2.24, 2.45) is 17.8 Å². The van der Waals surface area contributed by atoms with Gasteiger partial charge in [-0.3, -0.25) is 20.7 Å². The highest BCUT2D eigenvalue weighted by Crippen LogP contribution is 2.31. The van der Waals surface area contributed by atoms with Gasteiger partial charge in [-0.2, -0.15) is 0 Å². The molecule has 0 rings (SSSR count). The molecule has 0 saturated carbocycles. The first-order chi connectivity index (χ1) is 13.0. The van der Waals surface area contributed by atoms with E-state index in [1.54, 1.807) is 0 Å². The fourth-order valence-corrected chi connectivity index (χ4v) is 4.06. The number of hydrogen-bond acceptors (Lipinski definition) is 7. The van der Waals surface area contributed by atoms with Crippen LogP contribution < -0.4 is 0 Å². The van der Waals surface area contributed by atoms with E-state index in [1.165, 1.54) is 0 Å². The summed E-state index contributed by atoms with van der Waals surface area (Å²) in [6.45, 7) is 18.3. The van der Waals surface area contributed by atoms with Crippen molar-refractivity contribution >= 4 is 0 Å². The molecule has 0 heterocycles. The Kier molecular flexibility index (Phi) is 13.7. The molecule has 0 bridgehead atoms. The highest BCUT2D eigenvalue weighted by Gasteiger charge is 2.41. The summed E-state index contributed by atoms with van der Waals surface area (Å²) in [4.78, 5) is 16.6. The molecule has 7 heteroatoms. The Labute approximate surface area is 171 Å². The van der Waals surface area contributed by atoms with E-state index in [0.717, 1.165) is 19.3 Å². The minimum Gasteiger partial charge on any atom is -0.286 e. The fraction of sp³-hybridized carbons (Fsp3) is 1.00. The lowest BCUT2D eigenvalue weighted by atomic mass is 9.87. The molecule has 3 N–H and O–H groups in total. The maximum atomic E-state index is 9.50. The Morgan fingerprint density at radius 2 is 0.714 bits per heavy atom. The van der Waals surface area contributed by atoms with Crippen LogP contribution in [-0.2, 0) is 14.7 Å². The third-order valence-electron chi connectivity index (χ3n) is 5.41. The van der Waals surface area contributed by atoms with Crippen molar-refractivity contribution in [1.82, 2.24) is 4.90 Å². The quantitative estimate of drug-likeness (QED) is 0.255. The summed E-state index contributed by atoms with van der Waals surface area (Å²) in [5.41, 5.74) is 0. The molecule has 0 aromatic rings. The second kappa shape index (κ2) is 13.9. The standard InChI is InChI=1S/C21H45NO6/c1-13(2)10-19(16(7)26-23)22(20(11-14(3)4)17(8)27-24)21(12-15(5)6)18(9)28-25/h13-21,23-25H,10-12H2,1-9H3. The molecule has 6 unspecified atom stereocenters. The van der Waals surface area contributed by atoms with Crippen LogP contribution in [0, 0.1) is 17.8 Å². The van der Waals surface area contributed by atoms with Gasteiger partial charge in [-0.05, 0) is 57.8 Å². The smallest absolute Gasteiger partial charge is 0.105 e. The van der Waals surface area contributed by atoms with Crippen LogP contribution in [0.2, 0.25) is 0 Å². The van der Waals surface area contributed by atoms with E-state index in [9.17, 15) is 15.8 Å². The molecule has 0 spiro atoms. The van der Waals surface area contributed by atoms with Crippen LogP contribution in [0.1, 0.15) is 81.6 Å². The molecular weight excluding hydrogens is 362 g/mol. The zero-order valence-corrected chi connectivity index (χ0v) is 19.3. The largest absolute Gasteiger partial charge is 0.286 e. The van der Waals surface area contributed by atoms with Gasteiger partial charge in [-0.25, -0.2) is 14.7 Å². The molecule has 6 atom stereocenters. The Balaban J connectivity index is 6.37. The molecule has 28 heavy (non-hydrogen) atoms. The molecule has 0 saturated heterocycles. The minimum absolute atomic E-state index is 0.146. The van der Waals surface area contributed by atoms with Crippen LogP contribution in [0.4, 0.5) is 0 Å². The van der Waals surface area contributed by atoms with Crippen molar-refractivity contribution in [3.8, 4) is 0 Å². The predicted molar refractivity (Wildman–Crippen MR) is 111 cm³/mol. The second-order valence-corrected chi connectivity index (χ2v) is 9.47. The summed E-state index contributed by atoms with van der Waals surface area (Å²) in [5, 5.41) is 28.5. The van der Waals surface area contributed by atoms with E-state index in [1.807, 2.05) is 20.8 Å². The zero-order valence-electron chi connectivity index (χ0n) is 19.3. The maximum absolute atomic E-state index is 9.50. The van der Waals surface area contributed by atoms with E-state index in [0.29, 0.717) is 17.8 Å². The molecular formula is C21H45NO6. The van der Waals surface area contributed by atoms with Gasteiger partial charge in [-0.15, -0.1) is 0 Å².